The van der Waals surface area contributed by atoms with Crippen LogP contribution in [0, 0.1) is 0 Å². The Balaban J connectivity index is 1.47. The van der Waals surface area contributed by atoms with Crippen LogP contribution < -0.4 is 5.73 Å². The van der Waals surface area contributed by atoms with Crippen LogP contribution in [0.15, 0.2) is 46.9 Å². The Morgan fingerprint density at radius 3 is 2.65 bits per heavy atom. The molecule has 0 unspecified atom stereocenters. The van der Waals surface area contributed by atoms with Crippen molar-refractivity contribution in [2.45, 2.75) is 77.3 Å². The molecule has 182 valence electrons. The van der Waals surface area contributed by atoms with Crippen molar-refractivity contribution in [3.05, 3.63) is 52.3 Å². The predicted molar refractivity (Wildman–Crippen MR) is 141 cm³/mol. The van der Waals surface area contributed by atoms with Gasteiger partial charge in [0.25, 0.3) is 0 Å². The molecular weight excluding hydrogens is 444 g/mol. The fourth-order valence-corrected chi connectivity index (χ4v) is 5.66. The number of H-pyrrole nitrogens is 1. The van der Waals surface area contributed by atoms with E-state index in [1.165, 1.54) is 10.9 Å². The van der Waals surface area contributed by atoms with Gasteiger partial charge in [-0.25, -0.2) is 9.79 Å². The van der Waals surface area contributed by atoms with Gasteiger partial charge in [0, 0.05) is 28.7 Å². The molecule has 1 aliphatic carbocycles. The van der Waals surface area contributed by atoms with Crippen molar-refractivity contribution < 1.29 is 9.53 Å². The van der Waals surface area contributed by atoms with Crippen molar-refractivity contribution in [2.24, 2.45) is 10.7 Å². The van der Waals surface area contributed by atoms with Gasteiger partial charge >= 0.3 is 6.09 Å². The van der Waals surface area contributed by atoms with Gasteiger partial charge in [-0.15, -0.1) is 11.3 Å². The lowest BCUT2D eigenvalue weighted by molar-refractivity contribution is 0.0321. The summed E-state index contributed by atoms with van der Waals surface area (Å²) in [6.07, 6.45) is 6.87. The highest BCUT2D eigenvalue weighted by molar-refractivity contribution is 7.12. The Hall–Kier alpha value is -2.80. The number of thiophene rings is 1. The normalized spacial score (nSPS) is 19.4. The van der Waals surface area contributed by atoms with Crippen molar-refractivity contribution in [2.75, 3.05) is 6.61 Å². The standard InChI is InChI=1S/C27H36N4O2S/c1-5-14-33-26(32)31(27(2,3)4)20-11-8-18(9-12-20)22-17-29-23-16-19(10-13-21(22)23)30-25(28)24-7-6-15-34-24/h6-7,10,13,15-18,20,29H,5,8-9,11-12,14H2,1-4H3,(H2,28,30). The molecule has 0 radical (unpaired) electrons. The highest BCUT2D eigenvalue weighted by Crippen LogP contribution is 2.40. The minimum absolute atomic E-state index is 0.181. The first-order valence-corrected chi connectivity index (χ1v) is 13.1. The first kappa shape index (κ1) is 24.3. The van der Waals surface area contributed by atoms with E-state index in [1.807, 2.05) is 35.4 Å². The van der Waals surface area contributed by atoms with E-state index in [0.29, 0.717) is 18.4 Å². The number of rotatable bonds is 6. The van der Waals surface area contributed by atoms with E-state index < -0.39 is 0 Å². The number of benzene rings is 1. The Kier molecular flexibility index (Phi) is 7.31. The second-order valence-corrected chi connectivity index (χ2v) is 11.1. The van der Waals surface area contributed by atoms with Crippen molar-refractivity contribution in [1.29, 1.82) is 0 Å². The molecule has 1 amide bonds. The quantitative estimate of drug-likeness (QED) is 0.296. The van der Waals surface area contributed by atoms with E-state index in [4.69, 9.17) is 10.5 Å². The SMILES string of the molecule is CCCOC(=O)N(C1CCC(c2c[nH]c3cc(N=C(N)c4cccs4)ccc23)CC1)C(C)(C)C. The monoisotopic (exact) mass is 480 g/mol. The number of aliphatic imine (C=N–C) groups is 1. The molecule has 2 aromatic heterocycles. The highest BCUT2D eigenvalue weighted by Gasteiger charge is 2.37. The van der Waals surface area contributed by atoms with E-state index >= 15 is 0 Å². The smallest absolute Gasteiger partial charge is 0.410 e. The topological polar surface area (TPSA) is 83.7 Å². The molecule has 3 N–H and O–H groups in total. The summed E-state index contributed by atoms with van der Waals surface area (Å²) in [5, 5.41) is 3.24. The lowest BCUT2D eigenvalue weighted by Crippen LogP contribution is -2.52. The number of amides is 1. The van der Waals surface area contributed by atoms with E-state index in [9.17, 15) is 4.79 Å². The minimum Gasteiger partial charge on any atom is -0.449 e. The lowest BCUT2D eigenvalue weighted by Gasteiger charge is -2.43. The van der Waals surface area contributed by atoms with Gasteiger partial charge in [0.05, 0.1) is 17.2 Å². The maximum Gasteiger partial charge on any atom is 0.410 e. The number of nitrogens with zero attached hydrogens (tertiary/aromatic N) is 2. The van der Waals surface area contributed by atoms with Crippen LogP contribution in [-0.4, -0.2) is 40.0 Å². The summed E-state index contributed by atoms with van der Waals surface area (Å²) in [5.41, 5.74) is 9.19. The minimum atomic E-state index is -0.259. The summed E-state index contributed by atoms with van der Waals surface area (Å²) >= 11 is 1.59. The van der Waals surface area contributed by atoms with Crippen LogP contribution in [0.3, 0.4) is 0 Å². The molecule has 0 spiro atoms. The molecule has 3 aromatic rings. The molecule has 34 heavy (non-hydrogen) atoms. The summed E-state index contributed by atoms with van der Waals surface area (Å²) in [4.78, 5) is 23.8. The van der Waals surface area contributed by atoms with Crippen molar-refractivity contribution in [3.63, 3.8) is 0 Å². The van der Waals surface area contributed by atoms with Crippen molar-refractivity contribution >= 4 is 39.9 Å². The van der Waals surface area contributed by atoms with E-state index in [2.05, 4.69) is 49.1 Å². The third-order valence-electron chi connectivity index (χ3n) is 6.57. The molecule has 1 aliphatic rings. The van der Waals surface area contributed by atoms with Crippen LogP contribution in [0.5, 0.6) is 0 Å². The van der Waals surface area contributed by atoms with Crippen LogP contribution in [0.1, 0.15) is 76.2 Å². The summed E-state index contributed by atoms with van der Waals surface area (Å²) < 4.78 is 5.52. The zero-order valence-electron chi connectivity index (χ0n) is 20.6. The lowest BCUT2D eigenvalue weighted by atomic mass is 9.80. The fraction of sp³-hybridized carbons (Fsp3) is 0.481. The van der Waals surface area contributed by atoms with E-state index in [-0.39, 0.29) is 17.7 Å². The van der Waals surface area contributed by atoms with Gasteiger partial charge in [0.15, 0.2) is 0 Å². The first-order chi connectivity index (χ1) is 16.3. The summed E-state index contributed by atoms with van der Waals surface area (Å²) in [6.45, 7) is 8.78. The van der Waals surface area contributed by atoms with Gasteiger partial charge < -0.3 is 20.4 Å². The maximum absolute atomic E-state index is 12.8. The number of nitrogens with two attached hydrogens (primary N) is 1. The number of hydrogen-bond donors (Lipinski definition) is 2. The number of aromatic amines is 1. The van der Waals surface area contributed by atoms with Gasteiger partial charge in [0.1, 0.15) is 5.84 Å². The van der Waals surface area contributed by atoms with Crippen LogP contribution in [0.4, 0.5) is 10.5 Å². The van der Waals surface area contributed by atoms with Gasteiger partial charge in [0.2, 0.25) is 0 Å². The number of hydrogen-bond acceptors (Lipinski definition) is 4. The average molecular weight is 481 g/mol. The molecule has 4 rings (SSSR count). The van der Waals surface area contributed by atoms with Crippen LogP contribution >= 0.6 is 11.3 Å². The van der Waals surface area contributed by atoms with Crippen LogP contribution in [-0.2, 0) is 4.74 Å². The van der Waals surface area contributed by atoms with Crippen molar-refractivity contribution in [3.8, 4) is 0 Å². The number of fused-ring (bicyclic) bond motifs is 1. The fourth-order valence-electron chi connectivity index (χ4n) is 5.04. The third kappa shape index (κ3) is 5.30. The predicted octanol–water partition coefficient (Wildman–Crippen LogP) is 6.94. The zero-order valence-corrected chi connectivity index (χ0v) is 21.5. The molecule has 0 saturated heterocycles. The largest absolute Gasteiger partial charge is 0.449 e. The molecule has 0 bridgehead atoms. The molecule has 1 aromatic carbocycles. The molecule has 0 atom stereocenters. The van der Waals surface area contributed by atoms with Crippen LogP contribution in [0.25, 0.3) is 10.9 Å². The molecular formula is C27H36N4O2S. The number of ether oxygens (including phenoxy) is 1. The van der Waals surface area contributed by atoms with E-state index in [1.54, 1.807) is 11.3 Å². The first-order valence-electron chi connectivity index (χ1n) is 12.2. The molecule has 7 heteroatoms. The summed E-state index contributed by atoms with van der Waals surface area (Å²) in [7, 11) is 0. The Labute approximate surface area is 206 Å². The third-order valence-corrected chi connectivity index (χ3v) is 7.46. The average Bonchev–Trinajstić information content (AvgIpc) is 3.47. The van der Waals surface area contributed by atoms with E-state index in [0.717, 1.165) is 48.2 Å². The zero-order chi connectivity index (χ0) is 24.3. The second kappa shape index (κ2) is 10.2. The molecule has 0 aliphatic heterocycles. The molecule has 2 heterocycles. The van der Waals surface area contributed by atoms with Gasteiger partial charge in [-0.05, 0) is 87.9 Å². The molecule has 6 nitrogen and oxygen atoms in total. The number of carbonyl (C=O) groups excluding carboxylic acids is 1. The Bertz CT molecular complexity index is 1140. The summed E-state index contributed by atoms with van der Waals surface area (Å²) in [5.74, 6) is 1.02. The number of carbonyl (C=O) groups is 1. The van der Waals surface area contributed by atoms with Crippen molar-refractivity contribution in [1.82, 2.24) is 9.88 Å². The highest BCUT2D eigenvalue weighted by atomic mass is 32.1. The Morgan fingerprint density at radius 2 is 2.00 bits per heavy atom. The van der Waals surface area contributed by atoms with Gasteiger partial charge in [-0.1, -0.05) is 19.1 Å². The second-order valence-electron chi connectivity index (χ2n) is 10.1. The number of amidine groups is 1. The number of aromatic nitrogens is 1. The van der Waals surface area contributed by atoms with Crippen LogP contribution in [0.2, 0.25) is 0 Å². The molecule has 1 fully saturated rings. The number of nitrogens with one attached hydrogen (secondary N) is 1. The van der Waals surface area contributed by atoms with Gasteiger partial charge in [-0.3, -0.25) is 0 Å². The maximum atomic E-state index is 12.8. The molecule has 1 saturated carbocycles. The summed E-state index contributed by atoms with van der Waals surface area (Å²) in [6, 6.07) is 10.4. The van der Waals surface area contributed by atoms with Gasteiger partial charge in [-0.2, -0.15) is 0 Å². The Morgan fingerprint density at radius 1 is 1.24 bits per heavy atom.